The van der Waals surface area contributed by atoms with Crippen LogP contribution in [0, 0.1) is 5.82 Å². The molecule has 0 saturated carbocycles. The lowest BCUT2D eigenvalue weighted by molar-refractivity contribution is 0.0504. The minimum absolute atomic E-state index is 0.00754. The molecule has 0 spiro atoms. The average Bonchev–Trinajstić information content (AvgIpc) is 2.50. The summed E-state index contributed by atoms with van der Waals surface area (Å²) in [5.74, 6) is -0.00242. The molecule has 3 N–H and O–H groups in total. The summed E-state index contributed by atoms with van der Waals surface area (Å²) in [5, 5.41) is 14.8. The standard InChI is InChI=1S/C18H29FN2O4/c1-12(11-22)20-10-14-6-7-15(19)8-16(14)24-13(2)9-21-17(23)25-18(3,4)5/h6-8,12-13,20,22H,9-11H2,1-5H3,(H,21,23)/t12-,13+/m1/s1. The normalized spacial score (nSPS) is 13.9. The van der Waals surface area contributed by atoms with Crippen molar-refractivity contribution in [2.45, 2.75) is 58.9 Å². The first-order chi connectivity index (χ1) is 11.6. The highest BCUT2D eigenvalue weighted by molar-refractivity contribution is 5.67. The first kappa shape index (κ1) is 21.2. The van der Waals surface area contributed by atoms with E-state index in [2.05, 4.69) is 10.6 Å². The molecule has 1 aromatic carbocycles. The number of carbonyl (C=O) groups is 1. The van der Waals surface area contributed by atoms with E-state index in [4.69, 9.17) is 14.6 Å². The molecule has 0 aromatic heterocycles. The molecule has 2 atom stereocenters. The summed E-state index contributed by atoms with van der Waals surface area (Å²) in [6.45, 7) is 9.64. The molecule has 0 fully saturated rings. The summed E-state index contributed by atoms with van der Waals surface area (Å²) in [5.41, 5.74) is 0.199. The van der Waals surface area contributed by atoms with Crippen LogP contribution in [0.5, 0.6) is 5.75 Å². The van der Waals surface area contributed by atoms with Crippen molar-refractivity contribution in [1.29, 1.82) is 0 Å². The molecule has 0 radical (unpaired) electrons. The minimum atomic E-state index is -0.570. The van der Waals surface area contributed by atoms with Gasteiger partial charge in [-0.2, -0.15) is 0 Å². The molecule has 142 valence electrons. The van der Waals surface area contributed by atoms with Gasteiger partial charge >= 0.3 is 6.09 Å². The highest BCUT2D eigenvalue weighted by atomic mass is 19.1. The zero-order valence-corrected chi connectivity index (χ0v) is 15.6. The fourth-order valence-corrected chi connectivity index (χ4v) is 1.93. The van der Waals surface area contributed by atoms with E-state index in [1.807, 2.05) is 6.92 Å². The van der Waals surface area contributed by atoms with Gasteiger partial charge in [0.15, 0.2) is 0 Å². The molecule has 0 bridgehead atoms. The van der Waals surface area contributed by atoms with E-state index in [9.17, 15) is 9.18 Å². The Kier molecular flexibility index (Phi) is 8.12. The van der Waals surface area contributed by atoms with Gasteiger partial charge in [0.05, 0.1) is 13.2 Å². The van der Waals surface area contributed by atoms with Gasteiger partial charge in [-0.3, -0.25) is 0 Å². The van der Waals surface area contributed by atoms with Crippen molar-refractivity contribution >= 4 is 6.09 Å². The first-order valence-electron chi connectivity index (χ1n) is 8.37. The summed E-state index contributed by atoms with van der Waals surface area (Å²) >= 11 is 0. The number of ether oxygens (including phenoxy) is 2. The van der Waals surface area contributed by atoms with E-state index in [0.29, 0.717) is 12.3 Å². The Morgan fingerprint density at radius 1 is 1.32 bits per heavy atom. The second-order valence-corrected chi connectivity index (χ2v) is 7.03. The van der Waals surface area contributed by atoms with Crippen LogP contribution >= 0.6 is 0 Å². The number of nitrogens with one attached hydrogen (secondary N) is 2. The second-order valence-electron chi connectivity index (χ2n) is 7.03. The number of benzene rings is 1. The molecule has 0 aliphatic carbocycles. The van der Waals surface area contributed by atoms with Crippen LogP contribution in [-0.4, -0.2) is 42.1 Å². The van der Waals surface area contributed by atoms with Gasteiger partial charge in [0.1, 0.15) is 23.3 Å². The number of hydrogen-bond acceptors (Lipinski definition) is 5. The number of aliphatic hydroxyl groups excluding tert-OH is 1. The van der Waals surface area contributed by atoms with Gasteiger partial charge in [0.25, 0.3) is 0 Å². The fourth-order valence-electron chi connectivity index (χ4n) is 1.93. The van der Waals surface area contributed by atoms with Crippen LogP contribution < -0.4 is 15.4 Å². The summed E-state index contributed by atoms with van der Waals surface area (Å²) in [6.07, 6.45) is -0.899. The molecular formula is C18H29FN2O4. The number of carbonyl (C=O) groups excluding carboxylic acids is 1. The van der Waals surface area contributed by atoms with Crippen LogP contribution in [0.25, 0.3) is 0 Å². The van der Waals surface area contributed by atoms with Crippen molar-refractivity contribution < 1.29 is 23.8 Å². The molecule has 1 amide bonds. The maximum Gasteiger partial charge on any atom is 0.407 e. The third-order valence-corrected chi connectivity index (χ3v) is 3.20. The van der Waals surface area contributed by atoms with Crippen LogP contribution in [0.4, 0.5) is 9.18 Å². The van der Waals surface area contributed by atoms with E-state index in [0.717, 1.165) is 5.56 Å². The Labute approximate surface area is 148 Å². The molecule has 7 heteroatoms. The van der Waals surface area contributed by atoms with Gasteiger partial charge in [-0.1, -0.05) is 6.07 Å². The molecule has 0 aliphatic heterocycles. The maximum absolute atomic E-state index is 13.5. The highest BCUT2D eigenvalue weighted by Crippen LogP contribution is 2.21. The zero-order valence-electron chi connectivity index (χ0n) is 15.6. The number of amides is 1. The summed E-state index contributed by atoms with van der Waals surface area (Å²) < 4.78 is 24.5. The van der Waals surface area contributed by atoms with Crippen molar-refractivity contribution in [3.8, 4) is 5.75 Å². The van der Waals surface area contributed by atoms with Crippen LogP contribution in [0.1, 0.15) is 40.2 Å². The van der Waals surface area contributed by atoms with Gasteiger partial charge in [-0.15, -0.1) is 0 Å². The molecule has 0 unspecified atom stereocenters. The Morgan fingerprint density at radius 2 is 2.00 bits per heavy atom. The number of hydrogen-bond donors (Lipinski definition) is 3. The topological polar surface area (TPSA) is 79.8 Å². The van der Waals surface area contributed by atoms with Crippen molar-refractivity contribution in [3.05, 3.63) is 29.6 Å². The van der Waals surface area contributed by atoms with E-state index in [1.165, 1.54) is 12.1 Å². The average molecular weight is 356 g/mol. The van der Waals surface area contributed by atoms with Gasteiger partial charge in [0.2, 0.25) is 0 Å². The lowest BCUT2D eigenvalue weighted by Crippen LogP contribution is -2.37. The SMILES string of the molecule is C[C@H](CO)NCc1ccc(F)cc1O[C@@H](C)CNC(=O)OC(C)(C)C. The third kappa shape index (κ3) is 8.69. The second kappa shape index (κ2) is 9.58. The third-order valence-electron chi connectivity index (χ3n) is 3.20. The van der Waals surface area contributed by atoms with Crippen molar-refractivity contribution in [2.24, 2.45) is 0 Å². The van der Waals surface area contributed by atoms with E-state index in [1.54, 1.807) is 33.8 Å². The monoisotopic (exact) mass is 356 g/mol. The summed E-state index contributed by atoms with van der Waals surface area (Å²) in [6, 6.07) is 4.22. The largest absolute Gasteiger partial charge is 0.488 e. The van der Waals surface area contributed by atoms with Crippen molar-refractivity contribution in [2.75, 3.05) is 13.2 Å². The van der Waals surface area contributed by atoms with Crippen LogP contribution in [-0.2, 0) is 11.3 Å². The van der Waals surface area contributed by atoms with Gasteiger partial charge in [-0.05, 0) is 40.7 Å². The zero-order chi connectivity index (χ0) is 19.0. The van der Waals surface area contributed by atoms with E-state index >= 15 is 0 Å². The minimum Gasteiger partial charge on any atom is -0.488 e. The Hall–Kier alpha value is -1.86. The lowest BCUT2D eigenvalue weighted by Gasteiger charge is -2.22. The van der Waals surface area contributed by atoms with Gasteiger partial charge < -0.3 is 25.2 Å². The molecule has 0 heterocycles. The number of alkyl carbamates (subject to hydrolysis) is 1. The summed E-state index contributed by atoms with van der Waals surface area (Å²) in [4.78, 5) is 11.7. The van der Waals surface area contributed by atoms with Crippen LogP contribution in [0.2, 0.25) is 0 Å². The lowest BCUT2D eigenvalue weighted by atomic mass is 10.2. The Morgan fingerprint density at radius 3 is 2.60 bits per heavy atom. The Bertz CT molecular complexity index is 560. The quantitative estimate of drug-likeness (QED) is 0.667. The van der Waals surface area contributed by atoms with Gasteiger partial charge in [0, 0.05) is 24.2 Å². The molecular weight excluding hydrogens is 327 g/mol. The predicted octanol–water partition coefficient (Wildman–Crippen LogP) is 2.59. The fraction of sp³-hybridized carbons (Fsp3) is 0.611. The van der Waals surface area contributed by atoms with Crippen LogP contribution in [0.3, 0.4) is 0 Å². The van der Waals surface area contributed by atoms with E-state index < -0.39 is 17.5 Å². The van der Waals surface area contributed by atoms with Crippen LogP contribution in [0.15, 0.2) is 18.2 Å². The molecule has 6 nitrogen and oxygen atoms in total. The van der Waals surface area contributed by atoms with Crippen molar-refractivity contribution in [1.82, 2.24) is 10.6 Å². The molecule has 1 aromatic rings. The number of rotatable bonds is 8. The van der Waals surface area contributed by atoms with Gasteiger partial charge in [-0.25, -0.2) is 9.18 Å². The molecule has 25 heavy (non-hydrogen) atoms. The first-order valence-corrected chi connectivity index (χ1v) is 8.37. The summed E-state index contributed by atoms with van der Waals surface area (Å²) in [7, 11) is 0. The molecule has 1 rings (SSSR count). The highest BCUT2D eigenvalue weighted by Gasteiger charge is 2.17. The Balaban J connectivity index is 2.61. The predicted molar refractivity (Wildman–Crippen MR) is 94.1 cm³/mol. The maximum atomic E-state index is 13.5. The molecule has 0 saturated heterocycles. The van der Waals surface area contributed by atoms with E-state index in [-0.39, 0.29) is 25.3 Å². The number of halogens is 1. The molecule has 0 aliphatic rings. The smallest absolute Gasteiger partial charge is 0.407 e. The number of aliphatic hydroxyl groups is 1. The van der Waals surface area contributed by atoms with Crippen molar-refractivity contribution in [3.63, 3.8) is 0 Å².